The number of hydrogen-bond donors (Lipinski definition) is 0. The normalized spacial score (nSPS) is 14.0. The van der Waals surface area contributed by atoms with Gasteiger partial charge in [-0.1, -0.05) is 13.8 Å². The number of nitrogens with zero attached hydrogens (tertiary/aromatic N) is 1. The first-order chi connectivity index (χ1) is 7.22. The molecule has 0 aliphatic heterocycles. The first-order valence-corrected chi connectivity index (χ1v) is 5.67. The number of hydrogen-bond acceptors (Lipinski definition) is 1. The van der Waals surface area contributed by atoms with Gasteiger partial charge in [0.25, 0.3) is 0 Å². The molecule has 0 bridgehead atoms. The average Bonchev–Trinajstić information content (AvgIpc) is 2.15. The fraction of sp³-hybridized carbons (Fsp3) is 0.900. The summed E-state index contributed by atoms with van der Waals surface area (Å²) in [5.41, 5.74) is 0. The second-order valence-electron chi connectivity index (χ2n) is 3.67. The molecule has 0 aromatic carbocycles. The lowest BCUT2D eigenvalue weighted by Gasteiger charge is -2.32. The van der Waals surface area contributed by atoms with Gasteiger partial charge in [-0.25, -0.2) is 0 Å². The quantitative estimate of drug-likeness (QED) is 0.695. The van der Waals surface area contributed by atoms with Crippen molar-refractivity contribution in [1.29, 1.82) is 0 Å². The molecule has 16 heavy (non-hydrogen) atoms. The molecule has 0 aliphatic rings. The summed E-state index contributed by atoms with van der Waals surface area (Å²) in [5, 5.41) is -0.928. The van der Waals surface area contributed by atoms with E-state index in [4.69, 9.17) is 11.6 Å². The van der Waals surface area contributed by atoms with Crippen molar-refractivity contribution in [2.45, 2.75) is 51.2 Å². The highest BCUT2D eigenvalue weighted by Crippen LogP contribution is 2.21. The van der Waals surface area contributed by atoms with Gasteiger partial charge < -0.3 is 4.90 Å². The first kappa shape index (κ1) is 15.6. The number of carbonyl (C=O) groups excluding carboxylic acids is 1. The Kier molecular flexibility index (Phi) is 6.15. The van der Waals surface area contributed by atoms with E-state index in [1.54, 1.807) is 13.8 Å². The molecule has 0 saturated heterocycles. The number of carbonyl (C=O) groups is 1. The van der Waals surface area contributed by atoms with Crippen LogP contribution >= 0.6 is 11.6 Å². The highest BCUT2D eigenvalue weighted by atomic mass is 35.5. The lowest BCUT2D eigenvalue weighted by Crippen LogP contribution is -2.47. The maximum atomic E-state index is 12.3. The molecule has 0 saturated carbocycles. The molecule has 1 unspecified atom stereocenters. The minimum atomic E-state index is -4.38. The van der Waals surface area contributed by atoms with Gasteiger partial charge in [0.1, 0.15) is 11.9 Å². The number of halogens is 4. The van der Waals surface area contributed by atoms with Crippen LogP contribution in [0.25, 0.3) is 0 Å². The molecule has 0 spiro atoms. The van der Waals surface area contributed by atoms with Gasteiger partial charge in [0.15, 0.2) is 0 Å². The summed E-state index contributed by atoms with van der Waals surface area (Å²) >= 11 is 5.55. The Morgan fingerprint density at radius 1 is 1.31 bits per heavy atom. The van der Waals surface area contributed by atoms with E-state index in [9.17, 15) is 18.0 Å². The van der Waals surface area contributed by atoms with Gasteiger partial charge >= 0.3 is 6.18 Å². The fourth-order valence-corrected chi connectivity index (χ4v) is 1.66. The third-order valence-corrected chi connectivity index (χ3v) is 2.54. The highest BCUT2D eigenvalue weighted by Gasteiger charge is 2.36. The van der Waals surface area contributed by atoms with Crippen LogP contribution in [0, 0.1) is 0 Å². The van der Waals surface area contributed by atoms with Crippen LogP contribution in [0.3, 0.4) is 0 Å². The van der Waals surface area contributed by atoms with E-state index in [0.717, 1.165) is 4.90 Å². The lowest BCUT2D eigenvalue weighted by atomic mass is 10.1. The highest BCUT2D eigenvalue weighted by molar-refractivity contribution is 6.30. The SMILES string of the molecule is CCC(CC)N(CC(F)(F)F)C(=O)C(C)Cl. The van der Waals surface area contributed by atoms with E-state index in [1.165, 1.54) is 6.92 Å². The smallest absolute Gasteiger partial charge is 0.329 e. The van der Waals surface area contributed by atoms with Crippen LogP contribution in [-0.4, -0.2) is 34.9 Å². The molecule has 96 valence electrons. The molecule has 6 heteroatoms. The summed E-state index contributed by atoms with van der Waals surface area (Å²) in [5.74, 6) is -0.660. The van der Waals surface area contributed by atoms with Crippen molar-refractivity contribution in [3.63, 3.8) is 0 Å². The third-order valence-electron chi connectivity index (χ3n) is 2.36. The van der Waals surface area contributed by atoms with E-state index in [1.807, 2.05) is 0 Å². The molecule has 0 aromatic rings. The molecule has 1 amide bonds. The van der Waals surface area contributed by atoms with Crippen LogP contribution in [-0.2, 0) is 4.79 Å². The molecule has 2 nitrogen and oxygen atoms in total. The Balaban J connectivity index is 4.82. The molecule has 0 N–H and O–H groups in total. The van der Waals surface area contributed by atoms with Crippen LogP contribution < -0.4 is 0 Å². The molecule has 0 heterocycles. The van der Waals surface area contributed by atoms with E-state index in [-0.39, 0.29) is 0 Å². The van der Waals surface area contributed by atoms with Gasteiger partial charge in [0.05, 0.1) is 0 Å². The van der Waals surface area contributed by atoms with Gasteiger partial charge in [0.2, 0.25) is 5.91 Å². The molecule has 0 fully saturated rings. The van der Waals surface area contributed by atoms with Crippen LogP contribution in [0.1, 0.15) is 33.6 Å². The Bertz CT molecular complexity index is 227. The fourth-order valence-electron chi connectivity index (χ4n) is 1.54. The number of alkyl halides is 4. The lowest BCUT2D eigenvalue weighted by molar-refractivity contribution is -0.165. The first-order valence-electron chi connectivity index (χ1n) is 5.24. The minimum Gasteiger partial charge on any atom is -0.329 e. The zero-order chi connectivity index (χ0) is 12.9. The summed E-state index contributed by atoms with van der Waals surface area (Å²) in [7, 11) is 0. The van der Waals surface area contributed by atoms with E-state index >= 15 is 0 Å². The zero-order valence-electron chi connectivity index (χ0n) is 9.64. The number of amides is 1. The molecule has 0 rings (SSSR count). The van der Waals surface area contributed by atoms with E-state index < -0.39 is 30.0 Å². The van der Waals surface area contributed by atoms with Crippen LogP contribution in [0.5, 0.6) is 0 Å². The Morgan fingerprint density at radius 3 is 2.00 bits per heavy atom. The summed E-state index contributed by atoms with van der Waals surface area (Å²) in [6.07, 6.45) is -3.41. The van der Waals surface area contributed by atoms with Gasteiger partial charge in [-0.3, -0.25) is 4.79 Å². The van der Waals surface area contributed by atoms with Crippen molar-refractivity contribution in [1.82, 2.24) is 4.90 Å². The molecular weight excluding hydrogens is 243 g/mol. The van der Waals surface area contributed by atoms with Crippen LogP contribution in [0.4, 0.5) is 13.2 Å². The van der Waals surface area contributed by atoms with Crippen LogP contribution in [0.15, 0.2) is 0 Å². The van der Waals surface area contributed by atoms with Crippen molar-refractivity contribution < 1.29 is 18.0 Å². The second kappa shape index (κ2) is 6.33. The van der Waals surface area contributed by atoms with Gasteiger partial charge in [-0.15, -0.1) is 11.6 Å². The second-order valence-corrected chi connectivity index (χ2v) is 4.32. The monoisotopic (exact) mass is 259 g/mol. The maximum absolute atomic E-state index is 12.3. The topological polar surface area (TPSA) is 20.3 Å². The summed E-state index contributed by atoms with van der Waals surface area (Å²) in [6.45, 7) is 3.67. The predicted molar refractivity (Wildman–Crippen MR) is 57.5 cm³/mol. The standard InChI is InChI=1S/C10H17ClF3NO/c1-4-8(5-2)15(6-10(12,13)14)9(16)7(3)11/h7-8H,4-6H2,1-3H3. The van der Waals surface area contributed by atoms with E-state index in [0.29, 0.717) is 12.8 Å². The zero-order valence-corrected chi connectivity index (χ0v) is 10.4. The van der Waals surface area contributed by atoms with Crippen molar-refractivity contribution in [2.75, 3.05) is 6.54 Å². The van der Waals surface area contributed by atoms with Gasteiger partial charge in [-0.05, 0) is 19.8 Å². The molecule has 1 atom stereocenters. The summed E-state index contributed by atoms with van der Waals surface area (Å²) in [6, 6.07) is -0.407. The van der Waals surface area contributed by atoms with Crippen molar-refractivity contribution in [3.8, 4) is 0 Å². The third kappa shape index (κ3) is 5.05. The van der Waals surface area contributed by atoms with E-state index in [2.05, 4.69) is 0 Å². The van der Waals surface area contributed by atoms with Crippen LogP contribution in [0.2, 0.25) is 0 Å². The Morgan fingerprint density at radius 2 is 1.75 bits per heavy atom. The summed E-state index contributed by atoms with van der Waals surface area (Å²) in [4.78, 5) is 12.4. The summed E-state index contributed by atoms with van der Waals surface area (Å²) < 4.78 is 37.0. The molecular formula is C10H17ClF3NO. The molecule has 0 aliphatic carbocycles. The van der Waals surface area contributed by atoms with Gasteiger partial charge in [0, 0.05) is 6.04 Å². The Hall–Kier alpha value is -0.450. The maximum Gasteiger partial charge on any atom is 0.406 e. The largest absolute Gasteiger partial charge is 0.406 e. The van der Waals surface area contributed by atoms with Crippen molar-refractivity contribution in [3.05, 3.63) is 0 Å². The minimum absolute atomic E-state index is 0.407. The van der Waals surface area contributed by atoms with Gasteiger partial charge in [-0.2, -0.15) is 13.2 Å². The molecule has 0 radical (unpaired) electrons. The van der Waals surface area contributed by atoms with Crippen molar-refractivity contribution in [2.24, 2.45) is 0 Å². The molecule has 0 aromatic heterocycles. The number of rotatable bonds is 5. The average molecular weight is 260 g/mol. The Labute approximate surface area is 98.7 Å². The predicted octanol–water partition coefficient (Wildman–Crippen LogP) is 3.19. The van der Waals surface area contributed by atoms with Crippen molar-refractivity contribution >= 4 is 17.5 Å².